The first-order valence-corrected chi connectivity index (χ1v) is 9.82. The topological polar surface area (TPSA) is 73.8 Å². The molecule has 0 bridgehead atoms. The van der Waals surface area contributed by atoms with Gasteiger partial charge in [-0.1, -0.05) is 6.92 Å². The molecule has 2 unspecified atom stereocenters. The van der Waals surface area contributed by atoms with Crippen LogP contribution in [0.15, 0.2) is 4.99 Å². The highest BCUT2D eigenvalue weighted by Crippen LogP contribution is 2.16. The van der Waals surface area contributed by atoms with Gasteiger partial charge in [0.05, 0.1) is 11.5 Å². The molecule has 0 aromatic rings. The first kappa shape index (κ1) is 20.0. The Hall–Kier alpha value is -0.0900. The summed E-state index contributed by atoms with van der Waals surface area (Å²) in [6.45, 7) is 9.22. The summed E-state index contributed by atoms with van der Waals surface area (Å²) in [5, 5.41) is 6.48. The smallest absolute Gasteiger partial charge is 0.191 e. The van der Waals surface area contributed by atoms with Gasteiger partial charge in [-0.3, -0.25) is 4.99 Å². The minimum absolute atomic E-state index is 0. The number of likely N-dealkylation sites (tertiary alicyclic amines) is 1. The fourth-order valence-electron chi connectivity index (χ4n) is 2.99. The third kappa shape index (κ3) is 6.19. The van der Waals surface area contributed by atoms with Gasteiger partial charge in [-0.25, -0.2) is 8.42 Å². The second kappa shape index (κ2) is 9.27. The zero-order chi connectivity index (χ0) is 15.3. The van der Waals surface area contributed by atoms with Crippen LogP contribution in [0.2, 0.25) is 0 Å². The highest BCUT2D eigenvalue weighted by Gasteiger charge is 2.28. The van der Waals surface area contributed by atoms with E-state index in [-0.39, 0.29) is 41.5 Å². The van der Waals surface area contributed by atoms with Crippen molar-refractivity contribution in [2.75, 3.05) is 44.2 Å². The molecule has 2 fully saturated rings. The summed E-state index contributed by atoms with van der Waals surface area (Å²) in [6, 6.07) is 0.00326. The van der Waals surface area contributed by atoms with E-state index in [0.717, 1.165) is 32.1 Å². The lowest BCUT2D eigenvalue weighted by Gasteiger charge is -2.17. The van der Waals surface area contributed by atoms with E-state index in [4.69, 9.17) is 0 Å². The van der Waals surface area contributed by atoms with E-state index in [0.29, 0.717) is 12.3 Å². The maximum absolute atomic E-state index is 11.5. The lowest BCUT2D eigenvalue weighted by molar-refractivity contribution is 0.343. The molecule has 2 aliphatic rings. The lowest BCUT2D eigenvalue weighted by atomic mass is 10.1. The van der Waals surface area contributed by atoms with Crippen molar-refractivity contribution in [1.82, 2.24) is 15.5 Å². The number of aliphatic imine (C=N–C) groups is 1. The minimum atomic E-state index is -2.85. The van der Waals surface area contributed by atoms with Gasteiger partial charge in [-0.2, -0.15) is 0 Å². The number of nitrogens with zero attached hydrogens (tertiary/aromatic N) is 2. The van der Waals surface area contributed by atoms with E-state index >= 15 is 0 Å². The van der Waals surface area contributed by atoms with Gasteiger partial charge in [-0.15, -0.1) is 24.0 Å². The van der Waals surface area contributed by atoms with E-state index in [1.54, 1.807) is 0 Å². The zero-order valence-electron chi connectivity index (χ0n) is 13.5. The molecule has 2 aliphatic heterocycles. The van der Waals surface area contributed by atoms with E-state index in [9.17, 15) is 8.42 Å². The monoisotopic (exact) mass is 444 g/mol. The standard InChI is InChI=1S/C14H28N4O2S.HI/c1-3-15-14(17-13-6-8-21(19,20)11-13)16-9-12-5-7-18(4-2)10-12;/h12-13H,3-11H2,1-2H3,(H2,15,16,17);1H. The molecule has 130 valence electrons. The maximum Gasteiger partial charge on any atom is 0.191 e. The maximum atomic E-state index is 11.5. The van der Waals surface area contributed by atoms with E-state index in [1.807, 2.05) is 6.92 Å². The molecule has 0 aromatic heterocycles. The van der Waals surface area contributed by atoms with Crippen LogP contribution in [-0.4, -0.2) is 69.5 Å². The number of hydrogen-bond donors (Lipinski definition) is 2. The van der Waals surface area contributed by atoms with Crippen molar-refractivity contribution < 1.29 is 8.42 Å². The number of guanidine groups is 1. The quantitative estimate of drug-likeness (QED) is 0.371. The van der Waals surface area contributed by atoms with Crippen LogP contribution in [0.25, 0.3) is 0 Å². The highest BCUT2D eigenvalue weighted by atomic mass is 127. The van der Waals surface area contributed by atoms with Crippen LogP contribution in [0.1, 0.15) is 26.7 Å². The Morgan fingerprint density at radius 2 is 2.09 bits per heavy atom. The summed E-state index contributed by atoms with van der Waals surface area (Å²) in [4.78, 5) is 7.10. The molecule has 0 spiro atoms. The van der Waals surface area contributed by atoms with Crippen LogP contribution >= 0.6 is 24.0 Å². The Balaban J connectivity index is 0.00000242. The number of halogens is 1. The summed E-state index contributed by atoms with van der Waals surface area (Å²) in [7, 11) is -2.85. The Morgan fingerprint density at radius 3 is 2.64 bits per heavy atom. The molecule has 2 atom stereocenters. The molecular weight excluding hydrogens is 415 g/mol. The third-order valence-corrected chi connectivity index (χ3v) is 6.01. The highest BCUT2D eigenvalue weighted by molar-refractivity contribution is 14.0. The SMILES string of the molecule is CCNC(=NCC1CCN(CC)C1)NC1CCS(=O)(=O)C1.I. The Labute approximate surface area is 151 Å². The molecule has 8 heteroatoms. The van der Waals surface area contributed by atoms with Crippen LogP contribution in [0.5, 0.6) is 0 Å². The van der Waals surface area contributed by atoms with Crippen molar-refractivity contribution in [1.29, 1.82) is 0 Å². The molecule has 2 N–H and O–H groups in total. The van der Waals surface area contributed by atoms with Gasteiger partial charge in [-0.05, 0) is 38.8 Å². The fourth-order valence-corrected chi connectivity index (χ4v) is 4.67. The van der Waals surface area contributed by atoms with Gasteiger partial charge in [0.15, 0.2) is 15.8 Å². The molecule has 0 saturated carbocycles. The van der Waals surface area contributed by atoms with Gasteiger partial charge < -0.3 is 15.5 Å². The van der Waals surface area contributed by atoms with Crippen molar-refractivity contribution >= 4 is 39.8 Å². The van der Waals surface area contributed by atoms with Crippen molar-refractivity contribution in [2.24, 2.45) is 10.9 Å². The first-order valence-electron chi connectivity index (χ1n) is 8.00. The van der Waals surface area contributed by atoms with Crippen molar-refractivity contribution in [3.8, 4) is 0 Å². The summed E-state index contributed by atoms with van der Waals surface area (Å²) in [6.07, 6.45) is 1.88. The van der Waals surface area contributed by atoms with Crippen LogP contribution in [0.3, 0.4) is 0 Å². The van der Waals surface area contributed by atoms with Gasteiger partial charge in [0.2, 0.25) is 0 Å². The molecular formula is C14H29IN4O2S. The van der Waals surface area contributed by atoms with E-state index < -0.39 is 9.84 Å². The Bertz CT molecular complexity index is 469. The van der Waals surface area contributed by atoms with Gasteiger partial charge in [0, 0.05) is 25.7 Å². The number of rotatable bonds is 5. The van der Waals surface area contributed by atoms with E-state index in [2.05, 4.69) is 27.4 Å². The van der Waals surface area contributed by atoms with Gasteiger partial charge in [0.25, 0.3) is 0 Å². The number of hydrogen-bond acceptors (Lipinski definition) is 4. The minimum Gasteiger partial charge on any atom is -0.357 e. The zero-order valence-corrected chi connectivity index (χ0v) is 16.7. The van der Waals surface area contributed by atoms with Gasteiger partial charge >= 0.3 is 0 Å². The Morgan fingerprint density at radius 1 is 1.32 bits per heavy atom. The van der Waals surface area contributed by atoms with Crippen molar-refractivity contribution in [3.63, 3.8) is 0 Å². The van der Waals surface area contributed by atoms with Crippen molar-refractivity contribution in [2.45, 2.75) is 32.7 Å². The number of nitrogens with one attached hydrogen (secondary N) is 2. The third-order valence-electron chi connectivity index (χ3n) is 4.24. The summed E-state index contributed by atoms with van der Waals surface area (Å²) in [5.74, 6) is 1.89. The second-order valence-corrected chi connectivity index (χ2v) is 8.24. The fraction of sp³-hybridized carbons (Fsp3) is 0.929. The molecule has 0 radical (unpaired) electrons. The average Bonchev–Trinajstić information content (AvgIpc) is 3.02. The molecule has 22 heavy (non-hydrogen) atoms. The summed E-state index contributed by atoms with van der Waals surface area (Å²) >= 11 is 0. The molecule has 2 rings (SSSR count). The van der Waals surface area contributed by atoms with Gasteiger partial charge in [0.1, 0.15) is 0 Å². The molecule has 0 amide bonds. The normalized spacial score (nSPS) is 28.4. The van der Waals surface area contributed by atoms with E-state index in [1.165, 1.54) is 13.0 Å². The predicted molar refractivity (Wildman–Crippen MR) is 102 cm³/mol. The molecule has 2 heterocycles. The molecule has 6 nitrogen and oxygen atoms in total. The molecule has 0 aliphatic carbocycles. The van der Waals surface area contributed by atoms with Crippen LogP contribution in [-0.2, 0) is 9.84 Å². The summed E-state index contributed by atoms with van der Waals surface area (Å²) in [5.41, 5.74) is 0. The Kier molecular flexibility index (Phi) is 8.40. The molecule has 2 saturated heterocycles. The van der Waals surface area contributed by atoms with Crippen LogP contribution in [0.4, 0.5) is 0 Å². The largest absolute Gasteiger partial charge is 0.357 e. The predicted octanol–water partition coefficient (Wildman–Crippen LogP) is 0.688. The lowest BCUT2D eigenvalue weighted by Crippen LogP contribution is -2.44. The van der Waals surface area contributed by atoms with Crippen LogP contribution in [0, 0.1) is 5.92 Å². The average molecular weight is 444 g/mol. The van der Waals surface area contributed by atoms with Crippen molar-refractivity contribution in [3.05, 3.63) is 0 Å². The molecule has 0 aromatic carbocycles. The second-order valence-electron chi connectivity index (χ2n) is 6.01. The summed E-state index contributed by atoms with van der Waals surface area (Å²) < 4.78 is 23.0. The number of sulfone groups is 1. The van der Waals surface area contributed by atoms with Crippen LogP contribution < -0.4 is 10.6 Å². The first-order chi connectivity index (χ1) is 10.0.